The first-order valence-corrected chi connectivity index (χ1v) is 7.05. The van der Waals surface area contributed by atoms with Gasteiger partial charge in [0.15, 0.2) is 0 Å². The Balaban J connectivity index is 1.72. The van der Waals surface area contributed by atoms with Crippen molar-refractivity contribution in [2.75, 3.05) is 0 Å². The fraction of sp³-hybridized carbons (Fsp3) is 0.667. The lowest BCUT2D eigenvalue weighted by Gasteiger charge is -2.48. The Bertz CT molecular complexity index is 396. The van der Waals surface area contributed by atoms with Crippen LogP contribution in [0.15, 0.2) is 22.8 Å². The van der Waals surface area contributed by atoms with E-state index in [1.807, 2.05) is 12.1 Å². The molecule has 1 aromatic rings. The van der Waals surface area contributed by atoms with Crippen molar-refractivity contribution in [2.45, 2.75) is 63.6 Å². The zero-order chi connectivity index (χ0) is 12.5. The molecule has 1 aromatic heterocycles. The van der Waals surface area contributed by atoms with E-state index in [4.69, 9.17) is 4.42 Å². The molecular weight excluding hydrogens is 226 g/mol. The summed E-state index contributed by atoms with van der Waals surface area (Å²) in [6.45, 7) is 2.27. The third-order valence-electron chi connectivity index (χ3n) is 4.43. The van der Waals surface area contributed by atoms with Crippen LogP contribution in [0.4, 0.5) is 0 Å². The molecular formula is C15H21NO2. The molecule has 3 nitrogen and oxygen atoms in total. The topological polar surface area (TPSA) is 33.5 Å². The molecule has 0 spiro atoms. The first-order chi connectivity index (χ1) is 8.74. The van der Waals surface area contributed by atoms with E-state index in [0.29, 0.717) is 23.9 Å². The van der Waals surface area contributed by atoms with Gasteiger partial charge in [-0.25, -0.2) is 0 Å². The monoisotopic (exact) mass is 247 g/mol. The number of carbonyl (C=O) groups excluding carboxylic acids is 1. The van der Waals surface area contributed by atoms with Gasteiger partial charge in [-0.15, -0.1) is 0 Å². The molecule has 3 heterocycles. The van der Waals surface area contributed by atoms with E-state index in [-0.39, 0.29) is 0 Å². The van der Waals surface area contributed by atoms with E-state index < -0.39 is 0 Å². The molecule has 2 fully saturated rings. The van der Waals surface area contributed by atoms with Crippen molar-refractivity contribution in [3.63, 3.8) is 0 Å². The average molecular weight is 247 g/mol. The molecule has 3 atom stereocenters. The summed E-state index contributed by atoms with van der Waals surface area (Å²) in [6.07, 6.45) is 7.87. The van der Waals surface area contributed by atoms with E-state index in [0.717, 1.165) is 25.0 Å². The molecule has 2 saturated heterocycles. The second-order valence-electron chi connectivity index (χ2n) is 5.77. The van der Waals surface area contributed by atoms with Gasteiger partial charge in [0.05, 0.1) is 6.26 Å². The molecule has 0 aromatic carbocycles. The van der Waals surface area contributed by atoms with Crippen molar-refractivity contribution in [1.82, 2.24) is 4.90 Å². The van der Waals surface area contributed by atoms with Gasteiger partial charge in [0.25, 0.3) is 0 Å². The predicted octanol–water partition coefficient (Wildman–Crippen LogP) is 2.80. The van der Waals surface area contributed by atoms with E-state index in [2.05, 4.69) is 11.8 Å². The molecule has 0 aliphatic carbocycles. The number of hydrogen-bond donors (Lipinski definition) is 0. The summed E-state index contributed by atoms with van der Waals surface area (Å²) in [7, 11) is 0. The molecule has 3 unspecified atom stereocenters. The lowest BCUT2D eigenvalue weighted by molar-refractivity contribution is -0.128. The Labute approximate surface area is 108 Å². The first-order valence-electron chi connectivity index (χ1n) is 7.05. The zero-order valence-corrected chi connectivity index (χ0v) is 11.0. The van der Waals surface area contributed by atoms with Crippen LogP contribution in [0.2, 0.25) is 0 Å². The van der Waals surface area contributed by atoms with Crippen LogP contribution in [0.3, 0.4) is 0 Å². The normalized spacial score (nSPS) is 30.4. The van der Waals surface area contributed by atoms with Gasteiger partial charge in [0.2, 0.25) is 0 Å². The molecule has 18 heavy (non-hydrogen) atoms. The summed E-state index contributed by atoms with van der Waals surface area (Å²) in [4.78, 5) is 14.3. The quantitative estimate of drug-likeness (QED) is 0.823. The Hall–Kier alpha value is -1.09. The summed E-state index contributed by atoms with van der Waals surface area (Å²) in [5.74, 6) is 1.52. The molecule has 98 valence electrons. The van der Waals surface area contributed by atoms with Gasteiger partial charge in [0, 0.05) is 37.4 Å². The van der Waals surface area contributed by atoms with Crippen molar-refractivity contribution < 1.29 is 9.21 Å². The Kier molecular flexibility index (Phi) is 3.25. The SMILES string of the molecule is CC(Cc1ccco1)N1C2CCCC1CC(=O)C2. The maximum atomic E-state index is 11.7. The minimum atomic E-state index is 0.464. The van der Waals surface area contributed by atoms with Crippen LogP contribution in [-0.4, -0.2) is 28.8 Å². The average Bonchev–Trinajstić information content (AvgIpc) is 2.80. The number of hydrogen-bond acceptors (Lipinski definition) is 3. The fourth-order valence-corrected chi connectivity index (χ4v) is 3.75. The van der Waals surface area contributed by atoms with Gasteiger partial charge in [-0.05, 0) is 31.9 Å². The molecule has 0 radical (unpaired) electrons. The van der Waals surface area contributed by atoms with Crippen molar-refractivity contribution in [3.05, 3.63) is 24.2 Å². The molecule has 3 heteroatoms. The largest absolute Gasteiger partial charge is 0.469 e. The molecule has 2 aliphatic heterocycles. The highest BCUT2D eigenvalue weighted by atomic mass is 16.3. The molecule has 0 amide bonds. The van der Waals surface area contributed by atoms with Crippen molar-refractivity contribution >= 4 is 5.78 Å². The summed E-state index contributed by atoms with van der Waals surface area (Å²) in [5.41, 5.74) is 0. The Morgan fingerprint density at radius 1 is 1.39 bits per heavy atom. The van der Waals surface area contributed by atoms with Crippen LogP contribution in [0.25, 0.3) is 0 Å². The van der Waals surface area contributed by atoms with Gasteiger partial charge in [-0.2, -0.15) is 0 Å². The molecule has 0 saturated carbocycles. The summed E-state index contributed by atoms with van der Waals surface area (Å²) in [5, 5.41) is 0. The van der Waals surface area contributed by atoms with Gasteiger partial charge in [-0.1, -0.05) is 6.42 Å². The smallest absolute Gasteiger partial charge is 0.136 e. The summed E-state index contributed by atoms with van der Waals surface area (Å²) >= 11 is 0. The number of carbonyl (C=O) groups is 1. The van der Waals surface area contributed by atoms with Crippen molar-refractivity contribution in [2.24, 2.45) is 0 Å². The number of rotatable bonds is 3. The lowest BCUT2D eigenvalue weighted by atomic mass is 9.82. The number of piperidine rings is 2. The maximum Gasteiger partial charge on any atom is 0.136 e. The van der Waals surface area contributed by atoms with E-state index in [1.54, 1.807) is 6.26 Å². The summed E-state index contributed by atoms with van der Waals surface area (Å²) in [6, 6.07) is 5.42. The minimum Gasteiger partial charge on any atom is -0.469 e. The van der Waals surface area contributed by atoms with Crippen molar-refractivity contribution in [1.29, 1.82) is 0 Å². The first kappa shape index (κ1) is 12.0. The third-order valence-corrected chi connectivity index (χ3v) is 4.43. The summed E-state index contributed by atoms with van der Waals surface area (Å²) < 4.78 is 5.44. The zero-order valence-electron chi connectivity index (χ0n) is 11.0. The van der Waals surface area contributed by atoms with Crippen LogP contribution in [0.5, 0.6) is 0 Å². The number of ketones is 1. The highest BCUT2D eigenvalue weighted by molar-refractivity contribution is 5.80. The number of furan rings is 1. The highest BCUT2D eigenvalue weighted by Crippen LogP contribution is 2.34. The molecule has 0 N–H and O–H groups in total. The second kappa shape index (κ2) is 4.88. The van der Waals surface area contributed by atoms with Crippen LogP contribution in [0.1, 0.15) is 44.8 Å². The molecule has 2 aliphatic rings. The number of nitrogens with zero attached hydrogens (tertiary/aromatic N) is 1. The van der Waals surface area contributed by atoms with Crippen LogP contribution >= 0.6 is 0 Å². The standard InChI is InChI=1S/C15H21NO2/c1-11(8-15-6-3-7-18-15)16-12-4-2-5-13(16)10-14(17)9-12/h3,6-7,11-13H,2,4-5,8-10H2,1H3. The third kappa shape index (κ3) is 2.24. The lowest BCUT2D eigenvalue weighted by Crippen LogP contribution is -2.56. The van der Waals surface area contributed by atoms with Gasteiger partial charge >= 0.3 is 0 Å². The Morgan fingerprint density at radius 3 is 2.72 bits per heavy atom. The van der Waals surface area contributed by atoms with Gasteiger partial charge < -0.3 is 4.42 Å². The van der Waals surface area contributed by atoms with Crippen molar-refractivity contribution in [3.8, 4) is 0 Å². The number of fused-ring (bicyclic) bond motifs is 2. The van der Waals surface area contributed by atoms with Crippen LogP contribution in [0, 0.1) is 0 Å². The van der Waals surface area contributed by atoms with E-state index in [9.17, 15) is 4.79 Å². The van der Waals surface area contributed by atoms with Crippen LogP contribution in [-0.2, 0) is 11.2 Å². The fourth-order valence-electron chi connectivity index (χ4n) is 3.75. The number of Topliss-reactive ketones (excluding diaryl/α,β-unsaturated/α-hetero) is 1. The predicted molar refractivity (Wildman–Crippen MR) is 69.4 cm³/mol. The van der Waals surface area contributed by atoms with Gasteiger partial charge in [-0.3, -0.25) is 9.69 Å². The van der Waals surface area contributed by atoms with Gasteiger partial charge in [0.1, 0.15) is 11.5 Å². The Morgan fingerprint density at radius 2 is 2.11 bits per heavy atom. The van der Waals surface area contributed by atoms with E-state index >= 15 is 0 Å². The maximum absolute atomic E-state index is 11.7. The van der Waals surface area contributed by atoms with E-state index in [1.165, 1.54) is 19.3 Å². The molecule has 2 bridgehead atoms. The highest BCUT2D eigenvalue weighted by Gasteiger charge is 2.39. The van der Waals surface area contributed by atoms with Crippen LogP contribution < -0.4 is 0 Å². The minimum absolute atomic E-state index is 0.464. The second-order valence-corrected chi connectivity index (χ2v) is 5.77. The molecule has 3 rings (SSSR count).